The van der Waals surface area contributed by atoms with Gasteiger partial charge in [0.1, 0.15) is 33.6 Å². The number of pyridine rings is 2. The average molecular weight is 1210 g/mol. The van der Waals surface area contributed by atoms with Crippen molar-refractivity contribution in [2.75, 3.05) is 10.6 Å². The van der Waals surface area contributed by atoms with Crippen LogP contribution in [0.25, 0.3) is 11.4 Å². The van der Waals surface area contributed by atoms with Crippen molar-refractivity contribution < 1.29 is 76.4 Å². The first-order valence-electron chi connectivity index (χ1n) is 29.8. The molecule has 4 N–H and O–H groups in total. The highest BCUT2D eigenvalue weighted by molar-refractivity contribution is 5.92. The molecule has 0 aromatic carbocycles. The number of ether oxygens (including phenoxy) is 6. The zero-order chi connectivity index (χ0) is 65.5. The first-order chi connectivity index (χ1) is 39.3. The van der Waals surface area contributed by atoms with Gasteiger partial charge in [0.25, 0.3) is 0 Å². The topological polar surface area (TPSA) is 300 Å². The van der Waals surface area contributed by atoms with E-state index in [1.807, 2.05) is 0 Å². The van der Waals surface area contributed by atoms with Crippen LogP contribution < -0.4 is 21.3 Å². The van der Waals surface area contributed by atoms with E-state index in [1.165, 1.54) is 12.4 Å². The van der Waals surface area contributed by atoms with Gasteiger partial charge in [-0.25, -0.2) is 0 Å². The monoisotopic (exact) mass is 1210 g/mol. The quantitative estimate of drug-likeness (QED) is 0.0403. The second kappa shape index (κ2) is 32.7. The van der Waals surface area contributed by atoms with Crippen LogP contribution in [0.4, 0.5) is 11.4 Å². The highest BCUT2D eigenvalue weighted by Crippen LogP contribution is 2.31. The number of hydrogen-bond donors (Lipinski definition) is 4. The van der Waals surface area contributed by atoms with Crippen LogP contribution in [0.15, 0.2) is 36.7 Å². The maximum Gasteiger partial charge on any atom is 0.306 e. The molecule has 2 aromatic rings. The summed E-state index contributed by atoms with van der Waals surface area (Å²) in [6, 6.07) is 6.59. The molecule has 2 aromatic heterocycles. The first-order valence-corrected chi connectivity index (χ1v) is 29.8. The first kappa shape index (κ1) is 75.1. The normalized spacial score (nSPS) is 12.4. The second-order valence-electron chi connectivity index (χ2n) is 27.8. The third-order valence-corrected chi connectivity index (χ3v) is 12.1. The highest BCUT2D eigenvalue weighted by atomic mass is 16.6. The van der Waals surface area contributed by atoms with Crippen molar-refractivity contribution in [3.8, 4) is 11.4 Å². The summed E-state index contributed by atoms with van der Waals surface area (Å²) in [6.45, 7) is 31.3. The van der Waals surface area contributed by atoms with Gasteiger partial charge >= 0.3 is 35.8 Å². The lowest BCUT2D eigenvalue weighted by atomic mass is 9.83. The molecule has 0 spiro atoms. The van der Waals surface area contributed by atoms with Gasteiger partial charge in [-0.05, 0) is 200 Å². The lowest BCUT2D eigenvalue weighted by Gasteiger charge is -2.36. The maximum atomic E-state index is 13.7. The van der Waals surface area contributed by atoms with E-state index in [0.717, 1.165) is 0 Å². The lowest BCUT2D eigenvalue weighted by Crippen LogP contribution is -2.50. The molecular weight excluding hydrogens is 1110 g/mol. The van der Waals surface area contributed by atoms with Crippen LogP contribution >= 0.6 is 0 Å². The molecule has 482 valence electrons. The fraction of sp³-hybridized carbons (Fsp3) is 0.688. The highest BCUT2D eigenvalue weighted by Gasteiger charge is 2.38. The number of esters is 6. The van der Waals surface area contributed by atoms with E-state index >= 15 is 0 Å². The molecule has 0 aliphatic heterocycles. The fourth-order valence-corrected chi connectivity index (χ4v) is 8.75. The summed E-state index contributed by atoms with van der Waals surface area (Å²) in [5, 5.41) is 11.6. The molecule has 0 aliphatic rings. The SMILES string of the molecule is CC(C)(C)OC(=O)CCC(CCC(=O)OC(C)(C)C)(CCC(=O)OC(C)(C)C)NC(=O)CCCC(=O)Nc1ccc(-c2ccc(NC(=O)CCCC(=O)NC(CCC(=O)OC(C)(C)C)(CCC(=O)OC(C)(C)C)CCC(=O)OC(C)(C)C)cn2)nc1. The average Bonchev–Trinajstić information content (AvgIpc) is 2.37. The molecule has 2 heterocycles. The van der Waals surface area contributed by atoms with Crippen LogP contribution in [0.1, 0.15) is 240 Å². The molecule has 0 atom stereocenters. The van der Waals surface area contributed by atoms with E-state index in [0.29, 0.717) is 22.8 Å². The van der Waals surface area contributed by atoms with Crippen LogP contribution in [-0.2, 0) is 76.4 Å². The van der Waals surface area contributed by atoms with Gasteiger partial charge < -0.3 is 49.7 Å². The summed E-state index contributed by atoms with van der Waals surface area (Å²) in [7, 11) is 0. The summed E-state index contributed by atoms with van der Waals surface area (Å²) >= 11 is 0. The molecule has 86 heavy (non-hydrogen) atoms. The van der Waals surface area contributed by atoms with E-state index in [1.54, 1.807) is 149 Å². The number of hydrogen-bond acceptors (Lipinski definition) is 18. The Hall–Kier alpha value is -7.00. The zero-order valence-electron chi connectivity index (χ0n) is 54.6. The van der Waals surface area contributed by atoms with Crippen molar-refractivity contribution in [3.05, 3.63) is 36.7 Å². The number of carbonyl (C=O) groups is 10. The second-order valence-corrected chi connectivity index (χ2v) is 27.8. The Morgan fingerprint density at radius 1 is 0.314 bits per heavy atom. The number of amides is 4. The van der Waals surface area contributed by atoms with E-state index in [4.69, 9.17) is 28.4 Å². The van der Waals surface area contributed by atoms with Crippen LogP contribution in [0.3, 0.4) is 0 Å². The Labute approximate surface area is 509 Å². The van der Waals surface area contributed by atoms with Crippen molar-refractivity contribution in [2.45, 2.75) is 285 Å². The Kier molecular flexibility index (Phi) is 28.5. The maximum absolute atomic E-state index is 13.7. The number of anilines is 2. The number of carbonyl (C=O) groups excluding carboxylic acids is 10. The van der Waals surface area contributed by atoms with Gasteiger partial charge in [-0.15, -0.1) is 0 Å². The molecule has 22 heteroatoms. The molecular formula is C64H100N6O16. The Balaban J connectivity index is 2.10. The van der Waals surface area contributed by atoms with Crippen molar-refractivity contribution >= 4 is 70.8 Å². The lowest BCUT2D eigenvalue weighted by molar-refractivity contribution is -0.158. The zero-order valence-corrected chi connectivity index (χ0v) is 54.6. The molecule has 0 aliphatic carbocycles. The number of nitrogens with one attached hydrogen (secondary N) is 4. The van der Waals surface area contributed by atoms with Crippen LogP contribution in [0.2, 0.25) is 0 Å². The minimum Gasteiger partial charge on any atom is -0.460 e. The Morgan fingerprint density at radius 2 is 0.523 bits per heavy atom. The van der Waals surface area contributed by atoms with Crippen LogP contribution in [-0.4, -0.2) is 114 Å². The molecule has 0 saturated heterocycles. The predicted molar refractivity (Wildman–Crippen MR) is 325 cm³/mol. The van der Waals surface area contributed by atoms with Crippen molar-refractivity contribution in [1.82, 2.24) is 20.6 Å². The van der Waals surface area contributed by atoms with Gasteiger partial charge in [-0.3, -0.25) is 57.9 Å². The van der Waals surface area contributed by atoms with Crippen molar-refractivity contribution in [1.29, 1.82) is 0 Å². The van der Waals surface area contributed by atoms with Gasteiger partial charge in [0.05, 0.1) is 35.2 Å². The van der Waals surface area contributed by atoms with E-state index < -0.39 is 92.3 Å². The Morgan fingerprint density at radius 3 is 0.709 bits per heavy atom. The van der Waals surface area contributed by atoms with Gasteiger partial charge in [0, 0.05) is 75.3 Å². The molecule has 0 radical (unpaired) electrons. The fourth-order valence-electron chi connectivity index (χ4n) is 8.75. The molecule has 0 unspecified atom stereocenters. The minimum atomic E-state index is -1.21. The summed E-state index contributed by atoms with van der Waals surface area (Å²) in [6.07, 6.45) is 2.58. The molecule has 0 bridgehead atoms. The standard InChI is InChI=1S/C64H100N6O16/c1-57(2,3)81-51(75)29-35-63(36-30-52(76)82-58(4,5)6,37-31-53(77)83-59(7,8)9)69-49(73)23-19-21-47(71)67-43-25-27-45(65-41-43)46-28-26-44(42-66-46)68-48(72)22-20-24-50(74)70-64(38-32-54(78)84-60(10,11)12,39-33-55(79)85-61(13,14)15)40-34-56(80)86-62(16,17)18/h25-28,41-42H,19-24,29-40H2,1-18H3,(H,67,71)(H,68,72)(H,69,73)(H,70,74). The summed E-state index contributed by atoms with van der Waals surface area (Å²) in [5.74, 6) is -4.75. The van der Waals surface area contributed by atoms with Crippen LogP contribution in [0, 0.1) is 0 Å². The molecule has 4 amide bonds. The molecule has 22 nitrogen and oxygen atoms in total. The smallest absolute Gasteiger partial charge is 0.306 e. The molecule has 0 fully saturated rings. The van der Waals surface area contributed by atoms with Gasteiger partial charge in [-0.2, -0.15) is 0 Å². The Bertz CT molecular complexity index is 2270. The minimum absolute atomic E-state index is 0.0370. The van der Waals surface area contributed by atoms with Gasteiger partial charge in [0.2, 0.25) is 23.6 Å². The predicted octanol–water partition coefficient (Wildman–Crippen LogP) is 10.8. The third-order valence-electron chi connectivity index (χ3n) is 12.1. The molecule has 2 rings (SSSR count). The third kappa shape index (κ3) is 34.8. The molecule has 0 saturated carbocycles. The van der Waals surface area contributed by atoms with E-state index in [-0.39, 0.29) is 127 Å². The van der Waals surface area contributed by atoms with Crippen molar-refractivity contribution in [2.24, 2.45) is 0 Å². The summed E-state index contributed by atoms with van der Waals surface area (Å²) in [4.78, 5) is 140. The largest absolute Gasteiger partial charge is 0.460 e. The number of aromatic nitrogens is 2. The number of rotatable bonds is 31. The van der Waals surface area contributed by atoms with E-state index in [2.05, 4.69) is 31.2 Å². The summed E-state index contributed by atoms with van der Waals surface area (Å²) < 4.78 is 33.3. The van der Waals surface area contributed by atoms with Crippen LogP contribution in [0.5, 0.6) is 0 Å². The van der Waals surface area contributed by atoms with E-state index in [9.17, 15) is 47.9 Å². The van der Waals surface area contributed by atoms with Crippen molar-refractivity contribution in [3.63, 3.8) is 0 Å². The van der Waals surface area contributed by atoms with Gasteiger partial charge in [-0.1, -0.05) is 0 Å². The summed E-state index contributed by atoms with van der Waals surface area (Å²) in [5.41, 5.74) is -5.32. The number of nitrogens with zero attached hydrogens (tertiary/aromatic N) is 2. The van der Waals surface area contributed by atoms with Gasteiger partial charge in [0.15, 0.2) is 0 Å².